The second kappa shape index (κ2) is 6.54. The SMILES string of the molecule is CCn1cc(NC(=O)[C@@H]2CCC(=O)N(C)[C@@H]2c2cccs2)cn1. The predicted octanol–water partition coefficient (Wildman–Crippen LogP) is 2.51. The molecule has 1 aliphatic heterocycles. The van der Waals surface area contributed by atoms with Gasteiger partial charge in [0.15, 0.2) is 0 Å². The minimum absolute atomic E-state index is 0.0570. The summed E-state index contributed by atoms with van der Waals surface area (Å²) in [6, 6.07) is 3.74. The fraction of sp³-hybridized carbons (Fsp3) is 0.438. The second-order valence-electron chi connectivity index (χ2n) is 5.68. The number of nitrogens with zero attached hydrogens (tertiary/aromatic N) is 3. The van der Waals surface area contributed by atoms with Gasteiger partial charge in [0.05, 0.1) is 23.8 Å². The van der Waals surface area contributed by atoms with Crippen LogP contribution in [0.15, 0.2) is 29.9 Å². The zero-order valence-electron chi connectivity index (χ0n) is 13.2. The number of aryl methyl sites for hydroxylation is 1. The Bertz CT molecular complexity index is 695. The summed E-state index contributed by atoms with van der Waals surface area (Å²) >= 11 is 1.58. The maximum Gasteiger partial charge on any atom is 0.230 e. The quantitative estimate of drug-likeness (QED) is 0.935. The van der Waals surface area contributed by atoms with Gasteiger partial charge in [-0.15, -0.1) is 11.3 Å². The molecule has 0 spiro atoms. The molecular weight excluding hydrogens is 312 g/mol. The summed E-state index contributed by atoms with van der Waals surface area (Å²) in [4.78, 5) is 27.5. The maximum atomic E-state index is 12.7. The van der Waals surface area contributed by atoms with E-state index in [4.69, 9.17) is 0 Å². The molecule has 2 aromatic rings. The Morgan fingerprint density at radius 3 is 3.00 bits per heavy atom. The van der Waals surface area contributed by atoms with Crippen molar-refractivity contribution >= 4 is 28.8 Å². The fourth-order valence-corrected chi connectivity index (χ4v) is 3.93. The van der Waals surface area contributed by atoms with E-state index in [-0.39, 0.29) is 23.8 Å². The van der Waals surface area contributed by atoms with Crippen LogP contribution < -0.4 is 5.32 Å². The molecular formula is C16H20N4O2S. The second-order valence-corrected chi connectivity index (χ2v) is 6.66. The number of hydrogen-bond acceptors (Lipinski definition) is 4. The lowest BCUT2D eigenvalue weighted by Crippen LogP contribution is -2.44. The van der Waals surface area contributed by atoms with E-state index < -0.39 is 0 Å². The lowest BCUT2D eigenvalue weighted by Gasteiger charge is -2.37. The first kappa shape index (κ1) is 15.7. The number of hydrogen-bond donors (Lipinski definition) is 1. The Hall–Kier alpha value is -2.15. The molecule has 122 valence electrons. The van der Waals surface area contributed by atoms with Crippen LogP contribution in [0.3, 0.4) is 0 Å². The third-order valence-corrected chi connectivity index (χ3v) is 5.20. The summed E-state index contributed by atoms with van der Waals surface area (Å²) in [5.74, 6) is -0.217. The van der Waals surface area contributed by atoms with Crippen molar-refractivity contribution in [3.05, 3.63) is 34.8 Å². The monoisotopic (exact) mass is 332 g/mol. The van der Waals surface area contributed by atoms with E-state index in [2.05, 4.69) is 10.4 Å². The summed E-state index contributed by atoms with van der Waals surface area (Å²) in [5.41, 5.74) is 0.696. The molecule has 1 aliphatic rings. The van der Waals surface area contributed by atoms with Crippen LogP contribution in [0, 0.1) is 5.92 Å². The molecule has 1 N–H and O–H groups in total. The Morgan fingerprint density at radius 2 is 2.35 bits per heavy atom. The van der Waals surface area contributed by atoms with Crippen LogP contribution in [0.4, 0.5) is 5.69 Å². The highest BCUT2D eigenvalue weighted by Crippen LogP contribution is 2.38. The van der Waals surface area contributed by atoms with Gasteiger partial charge in [0, 0.05) is 31.1 Å². The molecule has 1 saturated heterocycles. The first-order valence-corrected chi connectivity index (χ1v) is 8.60. The number of piperidine rings is 1. The van der Waals surface area contributed by atoms with E-state index in [1.165, 1.54) is 0 Å². The van der Waals surface area contributed by atoms with E-state index in [9.17, 15) is 9.59 Å². The highest BCUT2D eigenvalue weighted by atomic mass is 32.1. The summed E-state index contributed by atoms with van der Waals surface area (Å²) in [5, 5.41) is 9.08. The standard InChI is InChI=1S/C16H20N4O2S/c1-3-20-10-11(9-17-20)18-16(22)12-6-7-14(21)19(2)15(12)13-5-4-8-23-13/h4-5,8-10,12,15H,3,6-7H2,1-2H3,(H,18,22)/t12-,15+/m1/s1. The smallest absolute Gasteiger partial charge is 0.230 e. The molecule has 0 aliphatic carbocycles. The minimum Gasteiger partial charge on any atom is -0.337 e. The van der Waals surface area contributed by atoms with Gasteiger partial charge in [-0.2, -0.15) is 5.10 Å². The van der Waals surface area contributed by atoms with E-state index in [1.54, 1.807) is 34.2 Å². The third kappa shape index (κ3) is 3.14. The van der Waals surface area contributed by atoms with Crippen molar-refractivity contribution in [1.29, 1.82) is 0 Å². The molecule has 2 atom stereocenters. The topological polar surface area (TPSA) is 67.2 Å². The largest absolute Gasteiger partial charge is 0.337 e. The van der Waals surface area contributed by atoms with Gasteiger partial charge in [-0.05, 0) is 24.8 Å². The zero-order chi connectivity index (χ0) is 16.4. The van der Waals surface area contributed by atoms with Gasteiger partial charge in [-0.3, -0.25) is 14.3 Å². The molecule has 7 heteroatoms. The molecule has 6 nitrogen and oxygen atoms in total. The number of anilines is 1. The van der Waals surface area contributed by atoms with Crippen molar-refractivity contribution in [2.24, 2.45) is 5.92 Å². The molecule has 0 saturated carbocycles. The summed E-state index contributed by atoms with van der Waals surface area (Å²) in [6.45, 7) is 2.75. The Balaban J connectivity index is 1.80. The van der Waals surface area contributed by atoms with Crippen molar-refractivity contribution in [2.45, 2.75) is 32.4 Å². The molecule has 0 unspecified atom stereocenters. The van der Waals surface area contributed by atoms with Gasteiger partial charge < -0.3 is 10.2 Å². The Labute approximate surface area is 139 Å². The van der Waals surface area contributed by atoms with Crippen LogP contribution in [-0.2, 0) is 16.1 Å². The van der Waals surface area contributed by atoms with Crippen LogP contribution in [-0.4, -0.2) is 33.5 Å². The highest BCUT2D eigenvalue weighted by molar-refractivity contribution is 7.10. The molecule has 2 amide bonds. The highest BCUT2D eigenvalue weighted by Gasteiger charge is 2.39. The Kier molecular flexibility index (Phi) is 4.47. The van der Waals surface area contributed by atoms with Gasteiger partial charge in [0.2, 0.25) is 11.8 Å². The van der Waals surface area contributed by atoms with Gasteiger partial charge in [-0.25, -0.2) is 0 Å². The molecule has 0 aromatic carbocycles. The van der Waals surface area contributed by atoms with Crippen molar-refractivity contribution < 1.29 is 9.59 Å². The predicted molar refractivity (Wildman–Crippen MR) is 89.1 cm³/mol. The molecule has 0 radical (unpaired) electrons. The number of carbonyl (C=O) groups excluding carboxylic acids is 2. The van der Waals surface area contributed by atoms with Crippen LogP contribution in [0.2, 0.25) is 0 Å². The van der Waals surface area contributed by atoms with Gasteiger partial charge >= 0.3 is 0 Å². The molecule has 3 rings (SSSR count). The number of aromatic nitrogens is 2. The lowest BCUT2D eigenvalue weighted by atomic mass is 9.87. The van der Waals surface area contributed by atoms with Crippen LogP contribution >= 0.6 is 11.3 Å². The van der Waals surface area contributed by atoms with Crippen molar-refractivity contribution in [3.8, 4) is 0 Å². The van der Waals surface area contributed by atoms with Crippen molar-refractivity contribution in [1.82, 2.24) is 14.7 Å². The number of likely N-dealkylation sites (tertiary alicyclic amines) is 1. The van der Waals surface area contributed by atoms with Crippen molar-refractivity contribution in [3.63, 3.8) is 0 Å². The van der Waals surface area contributed by atoms with Crippen LogP contribution in [0.5, 0.6) is 0 Å². The minimum atomic E-state index is -0.249. The maximum absolute atomic E-state index is 12.7. The molecule has 2 aromatic heterocycles. The van der Waals surface area contributed by atoms with Gasteiger partial charge in [0.25, 0.3) is 0 Å². The van der Waals surface area contributed by atoms with Gasteiger partial charge in [0.1, 0.15) is 0 Å². The van der Waals surface area contributed by atoms with E-state index in [1.807, 2.05) is 30.6 Å². The van der Waals surface area contributed by atoms with Crippen LogP contribution in [0.25, 0.3) is 0 Å². The normalized spacial score (nSPS) is 21.5. The molecule has 1 fully saturated rings. The third-order valence-electron chi connectivity index (χ3n) is 4.26. The van der Waals surface area contributed by atoms with E-state index >= 15 is 0 Å². The number of rotatable bonds is 4. The first-order valence-electron chi connectivity index (χ1n) is 7.72. The Morgan fingerprint density at radius 1 is 1.52 bits per heavy atom. The number of carbonyl (C=O) groups is 2. The fourth-order valence-electron chi connectivity index (χ4n) is 3.00. The van der Waals surface area contributed by atoms with E-state index in [0.717, 1.165) is 11.4 Å². The zero-order valence-corrected chi connectivity index (χ0v) is 14.0. The molecule has 23 heavy (non-hydrogen) atoms. The number of thiophene rings is 1. The molecule has 0 bridgehead atoms. The van der Waals surface area contributed by atoms with Crippen molar-refractivity contribution in [2.75, 3.05) is 12.4 Å². The summed E-state index contributed by atoms with van der Waals surface area (Å²) in [6.07, 6.45) is 4.44. The average Bonchev–Trinajstić information content (AvgIpc) is 3.21. The van der Waals surface area contributed by atoms with Crippen LogP contribution in [0.1, 0.15) is 30.7 Å². The number of amides is 2. The lowest BCUT2D eigenvalue weighted by molar-refractivity contribution is -0.140. The summed E-state index contributed by atoms with van der Waals surface area (Å²) < 4.78 is 1.77. The van der Waals surface area contributed by atoms with Gasteiger partial charge in [-0.1, -0.05) is 6.07 Å². The summed E-state index contributed by atoms with van der Waals surface area (Å²) in [7, 11) is 1.78. The first-order chi connectivity index (χ1) is 11.1. The molecule has 3 heterocycles. The average molecular weight is 332 g/mol. The van der Waals surface area contributed by atoms with E-state index in [0.29, 0.717) is 18.5 Å². The number of nitrogens with one attached hydrogen (secondary N) is 1.